The van der Waals surface area contributed by atoms with Crippen LogP contribution in [0.5, 0.6) is 0 Å². The minimum absolute atomic E-state index is 0.139. The third kappa shape index (κ3) is 4.31. The molecule has 0 spiro atoms. The summed E-state index contributed by atoms with van der Waals surface area (Å²) in [5.74, 6) is -0.139. The summed E-state index contributed by atoms with van der Waals surface area (Å²) in [6, 6.07) is 12.0. The summed E-state index contributed by atoms with van der Waals surface area (Å²) >= 11 is 0. The first-order chi connectivity index (χ1) is 10.2. The number of anilines is 1. The SMILES string of the molecule is CCNC(=O)c1cc(NCCc2ccccc2C)ccn1. The van der Waals surface area contributed by atoms with E-state index in [1.807, 2.05) is 19.1 Å². The summed E-state index contributed by atoms with van der Waals surface area (Å²) in [7, 11) is 0. The maximum absolute atomic E-state index is 11.7. The largest absolute Gasteiger partial charge is 0.385 e. The fourth-order valence-electron chi connectivity index (χ4n) is 2.15. The van der Waals surface area contributed by atoms with Crippen LogP contribution in [0.15, 0.2) is 42.6 Å². The minimum Gasteiger partial charge on any atom is -0.385 e. The lowest BCUT2D eigenvalue weighted by atomic mass is 10.1. The number of hydrogen-bond acceptors (Lipinski definition) is 3. The molecular formula is C17H21N3O. The summed E-state index contributed by atoms with van der Waals surface area (Å²) in [4.78, 5) is 15.8. The molecule has 2 aromatic rings. The third-order valence-corrected chi connectivity index (χ3v) is 3.31. The molecule has 21 heavy (non-hydrogen) atoms. The van der Waals surface area contributed by atoms with E-state index in [1.54, 1.807) is 12.3 Å². The second kappa shape index (κ2) is 7.43. The zero-order valence-corrected chi connectivity index (χ0v) is 12.5. The Morgan fingerprint density at radius 1 is 1.24 bits per heavy atom. The summed E-state index contributed by atoms with van der Waals surface area (Å²) in [6.45, 7) is 5.44. The Kier molecular flexibility index (Phi) is 5.32. The molecule has 0 fully saturated rings. The van der Waals surface area contributed by atoms with Gasteiger partial charge in [0.15, 0.2) is 0 Å². The van der Waals surface area contributed by atoms with Crippen molar-refractivity contribution in [3.63, 3.8) is 0 Å². The number of carbonyl (C=O) groups is 1. The maximum atomic E-state index is 11.7. The second-order valence-corrected chi connectivity index (χ2v) is 4.89. The lowest BCUT2D eigenvalue weighted by molar-refractivity contribution is 0.0951. The van der Waals surface area contributed by atoms with Crippen molar-refractivity contribution < 1.29 is 4.79 Å². The molecule has 4 heteroatoms. The van der Waals surface area contributed by atoms with E-state index >= 15 is 0 Å². The first-order valence-electron chi connectivity index (χ1n) is 7.23. The molecule has 0 bridgehead atoms. The molecule has 1 aromatic carbocycles. The number of rotatable bonds is 6. The topological polar surface area (TPSA) is 54.0 Å². The van der Waals surface area contributed by atoms with Crippen molar-refractivity contribution in [2.75, 3.05) is 18.4 Å². The average Bonchev–Trinajstić information content (AvgIpc) is 2.50. The Labute approximate surface area is 125 Å². The predicted octanol–water partition coefficient (Wildman–Crippen LogP) is 2.79. The van der Waals surface area contributed by atoms with Crippen LogP contribution in [0.3, 0.4) is 0 Å². The van der Waals surface area contributed by atoms with E-state index in [0.717, 1.165) is 18.7 Å². The summed E-state index contributed by atoms with van der Waals surface area (Å²) in [6.07, 6.45) is 2.60. The average molecular weight is 283 g/mol. The van der Waals surface area contributed by atoms with Crippen LogP contribution < -0.4 is 10.6 Å². The molecule has 2 rings (SSSR count). The molecule has 0 aliphatic heterocycles. The van der Waals surface area contributed by atoms with Crippen molar-refractivity contribution >= 4 is 11.6 Å². The summed E-state index contributed by atoms with van der Waals surface area (Å²) in [5, 5.41) is 6.09. The van der Waals surface area contributed by atoms with E-state index in [2.05, 4.69) is 40.7 Å². The van der Waals surface area contributed by atoms with Gasteiger partial charge in [-0.05, 0) is 43.5 Å². The van der Waals surface area contributed by atoms with Crippen LogP contribution in [0.4, 0.5) is 5.69 Å². The van der Waals surface area contributed by atoms with Gasteiger partial charge in [-0.3, -0.25) is 9.78 Å². The Balaban J connectivity index is 1.93. The van der Waals surface area contributed by atoms with Gasteiger partial charge < -0.3 is 10.6 Å². The van der Waals surface area contributed by atoms with Crippen LogP contribution in [-0.4, -0.2) is 24.0 Å². The Bertz CT molecular complexity index is 610. The van der Waals surface area contributed by atoms with Crippen molar-refractivity contribution in [3.05, 3.63) is 59.4 Å². The highest BCUT2D eigenvalue weighted by Crippen LogP contribution is 2.10. The molecular weight excluding hydrogens is 262 g/mol. The van der Waals surface area contributed by atoms with Crippen LogP contribution in [0.25, 0.3) is 0 Å². The van der Waals surface area contributed by atoms with Crippen molar-refractivity contribution in [3.8, 4) is 0 Å². The van der Waals surface area contributed by atoms with Crippen LogP contribution in [-0.2, 0) is 6.42 Å². The van der Waals surface area contributed by atoms with Crippen LogP contribution in [0.1, 0.15) is 28.5 Å². The van der Waals surface area contributed by atoms with Gasteiger partial charge in [0.05, 0.1) is 0 Å². The fraction of sp³-hybridized carbons (Fsp3) is 0.294. The molecule has 4 nitrogen and oxygen atoms in total. The van der Waals surface area contributed by atoms with Crippen molar-refractivity contribution in [2.24, 2.45) is 0 Å². The normalized spacial score (nSPS) is 10.2. The van der Waals surface area contributed by atoms with Gasteiger partial charge in [-0.1, -0.05) is 24.3 Å². The first kappa shape index (κ1) is 15.0. The lowest BCUT2D eigenvalue weighted by Gasteiger charge is -2.09. The van der Waals surface area contributed by atoms with Gasteiger partial charge in [0.1, 0.15) is 5.69 Å². The van der Waals surface area contributed by atoms with Crippen molar-refractivity contribution in [2.45, 2.75) is 20.3 Å². The molecule has 0 saturated carbocycles. The molecule has 0 atom stereocenters. The molecule has 0 radical (unpaired) electrons. The molecule has 0 aliphatic rings. The summed E-state index contributed by atoms with van der Waals surface area (Å²) < 4.78 is 0. The van der Waals surface area contributed by atoms with Crippen LogP contribution >= 0.6 is 0 Å². The van der Waals surface area contributed by atoms with Gasteiger partial charge in [0.2, 0.25) is 0 Å². The van der Waals surface area contributed by atoms with Gasteiger partial charge >= 0.3 is 0 Å². The summed E-state index contributed by atoms with van der Waals surface area (Å²) in [5.41, 5.74) is 4.00. The molecule has 1 heterocycles. The van der Waals surface area contributed by atoms with Crippen LogP contribution in [0, 0.1) is 6.92 Å². The van der Waals surface area contributed by atoms with E-state index in [-0.39, 0.29) is 5.91 Å². The van der Waals surface area contributed by atoms with E-state index < -0.39 is 0 Å². The molecule has 1 amide bonds. The standard InChI is InChI=1S/C17H21N3O/c1-3-18-17(21)16-12-15(9-11-20-16)19-10-8-14-7-5-4-6-13(14)2/h4-7,9,11-12H,3,8,10H2,1-2H3,(H,18,21)(H,19,20). The number of carbonyl (C=O) groups excluding carboxylic acids is 1. The molecule has 0 saturated heterocycles. The number of nitrogens with one attached hydrogen (secondary N) is 2. The zero-order valence-electron chi connectivity index (χ0n) is 12.5. The van der Waals surface area contributed by atoms with Gasteiger partial charge in [-0.15, -0.1) is 0 Å². The number of aromatic nitrogens is 1. The highest BCUT2D eigenvalue weighted by molar-refractivity contribution is 5.93. The van der Waals surface area contributed by atoms with E-state index in [1.165, 1.54) is 11.1 Å². The van der Waals surface area contributed by atoms with Crippen LogP contribution in [0.2, 0.25) is 0 Å². The molecule has 110 valence electrons. The van der Waals surface area contributed by atoms with Crippen molar-refractivity contribution in [1.29, 1.82) is 0 Å². The Morgan fingerprint density at radius 3 is 2.81 bits per heavy atom. The smallest absolute Gasteiger partial charge is 0.269 e. The Morgan fingerprint density at radius 2 is 2.05 bits per heavy atom. The van der Waals surface area contributed by atoms with E-state index in [0.29, 0.717) is 12.2 Å². The number of amides is 1. The first-order valence-corrected chi connectivity index (χ1v) is 7.23. The van der Waals surface area contributed by atoms with Gasteiger partial charge in [0.25, 0.3) is 5.91 Å². The number of nitrogens with zero attached hydrogens (tertiary/aromatic N) is 1. The second-order valence-electron chi connectivity index (χ2n) is 4.89. The third-order valence-electron chi connectivity index (χ3n) is 3.31. The fourth-order valence-corrected chi connectivity index (χ4v) is 2.15. The van der Waals surface area contributed by atoms with E-state index in [9.17, 15) is 4.79 Å². The number of benzene rings is 1. The number of hydrogen-bond donors (Lipinski definition) is 2. The monoisotopic (exact) mass is 283 g/mol. The Hall–Kier alpha value is -2.36. The molecule has 0 unspecified atom stereocenters. The lowest BCUT2D eigenvalue weighted by Crippen LogP contribution is -2.23. The minimum atomic E-state index is -0.139. The van der Waals surface area contributed by atoms with E-state index in [4.69, 9.17) is 0 Å². The van der Waals surface area contributed by atoms with Crippen molar-refractivity contribution in [1.82, 2.24) is 10.3 Å². The van der Waals surface area contributed by atoms with Gasteiger partial charge in [0, 0.05) is 25.0 Å². The number of pyridine rings is 1. The van der Waals surface area contributed by atoms with Gasteiger partial charge in [-0.2, -0.15) is 0 Å². The predicted molar refractivity (Wildman–Crippen MR) is 85.6 cm³/mol. The zero-order chi connectivity index (χ0) is 15.1. The molecule has 2 N–H and O–H groups in total. The molecule has 0 aliphatic carbocycles. The quantitative estimate of drug-likeness (QED) is 0.857. The molecule has 1 aromatic heterocycles. The number of aryl methyl sites for hydroxylation is 1. The van der Waals surface area contributed by atoms with Gasteiger partial charge in [-0.25, -0.2) is 0 Å². The maximum Gasteiger partial charge on any atom is 0.269 e. The highest BCUT2D eigenvalue weighted by atomic mass is 16.1. The highest BCUT2D eigenvalue weighted by Gasteiger charge is 2.06.